The molecule has 0 spiro atoms. The number of aryl methyl sites for hydroxylation is 2. The van der Waals surface area contributed by atoms with E-state index in [1.165, 1.54) is 4.90 Å². The van der Waals surface area contributed by atoms with Gasteiger partial charge in [0.05, 0.1) is 11.9 Å². The third-order valence-electron chi connectivity index (χ3n) is 6.91. The lowest BCUT2D eigenvalue weighted by atomic mass is 10.0. The van der Waals surface area contributed by atoms with Crippen LogP contribution in [0.2, 0.25) is 0 Å². The zero-order chi connectivity index (χ0) is 29.4. The van der Waals surface area contributed by atoms with Crippen LogP contribution >= 0.6 is 0 Å². The van der Waals surface area contributed by atoms with Crippen molar-refractivity contribution in [1.29, 1.82) is 0 Å². The van der Waals surface area contributed by atoms with E-state index < -0.39 is 28.5 Å². The van der Waals surface area contributed by atoms with Crippen molar-refractivity contribution in [3.63, 3.8) is 0 Å². The predicted octanol–water partition coefficient (Wildman–Crippen LogP) is 4.79. The molecule has 1 unspecified atom stereocenters. The summed E-state index contributed by atoms with van der Waals surface area (Å²) in [5.74, 6) is -0.489. The molecule has 0 aliphatic rings. The number of rotatable bonds is 12. The van der Waals surface area contributed by atoms with Crippen LogP contribution in [0.25, 0.3) is 0 Å². The quantitative estimate of drug-likeness (QED) is 0.343. The van der Waals surface area contributed by atoms with Crippen molar-refractivity contribution < 1.29 is 18.0 Å². The van der Waals surface area contributed by atoms with Crippen molar-refractivity contribution in [2.24, 2.45) is 5.92 Å². The molecule has 8 heteroatoms. The lowest BCUT2D eigenvalue weighted by Gasteiger charge is -2.34. The average Bonchev–Trinajstić information content (AvgIpc) is 2.89. The summed E-state index contributed by atoms with van der Waals surface area (Å²) in [4.78, 5) is 29.4. The summed E-state index contributed by atoms with van der Waals surface area (Å²) in [6, 6.07) is 21.9. The Labute approximate surface area is 239 Å². The number of anilines is 1. The molecule has 3 aromatic carbocycles. The molecule has 214 valence electrons. The molecule has 1 atom stereocenters. The molecule has 0 aliphatic heterocycles. The molecular formula is C32H41N3O4S. The molecule has 1 N–H and O–H groups in total. The van der Waals surface area contributed by atoms with Crippen molar-refractivity contribution in [1.82, 2.24) is 10.2 Å². The van der Waals surface area contributed by atoms with Crippen molar-refractivity contribution in [3.8, 4) is 0 Å². The molecule has 0 heterocycles. The SMILES string of the molecule is Cc1cccc(CN(C(=O)CN(c2cccc(C)c2C)S(C)(=O)=O)C(Cc2ccccc2)C(=O)NCC(C)C)c1. The van der Waals surface area contributed by atoms with Crippen LogP contribution in [0.3, 0.4) is 0 Å². The maximum Gasteiger partial charge on any atom is 0.244 e. The summed E-state index contributed by atoms with van der Waals surface area (Å²) in [7, 11) is -3.81. The number of carbonyl (C=O) groups excluding carboxylic acids is 2. The molecule has 0 saturated heterocycles. The number of hydrogen-bond donors (Lipinski definition) is 1. The Bertz CT molecular complexity index is 1420. The van der Waals surface area contributed by atoms with E-state index in [1.54, 1.807) is 12.1 Å². The van der Waals surface area contributed by atoms with Crippen LogP contribution in [-0.4, -0.2) is 50.5 Å². The summed E-state index contributed by atoms with van der Waals surface area (Å²) in [6.45, 7) is 9.95. The van der Waals surface area contributed by atoms with E-state index in [9.17, 15) is 18.0 Å². The molecule has 0 bridgehead atoms. The molecule has 40 heavy (non-hydrogen) atoms. The minimum absolute atomic E-state index is 0.164. The number of amides is 2. The second-order valence-corrected chi connectivity index (χ2v) is 12.8. The monoisotopic (exact) mass is 563 g/mol. The maximum atomic E-state index is 14.2. The van der Waals surface area contributed by atoms with Gasteiger partial charge >= 0.3 is 0 Å². The highest BCUT2D eigenvalue weighted by molar-refractivity contribution is 7.92. The van der Waals surface area contributed by atoms with E-state index in [0.717, 1.165) is 38.4 Å². The number of hydrogen-bond acceptors (Lipinski definition) is 4. The number of carbonyl (C=O) groups is 2. The van der Waals surface area contributed by atoms with Gasteiger partial charge in [-0.05, 0) is 55.0 Å². The van der Waals surface area contributed by atoms with E-state index in [-0.39, 0.29) is 18.4 Å². The largest absolute Gasteiger partial charge is 0.354 e. The Morgan fingerprint density at radius 3 is 2.15 bits per heavy atom. The number of nitrogens with zero attached hydrogens (tertiary/aromatic N) is 2. The van der Waals surface area contributed by atoms with Crippen LogP contribution in [0.5, 0.6) is 0 Å². The summed E-state index contributed by atoms with van der Waals surface area (Å²) in [5.41, 5.74) is 4.95. The molecule has 0 radical (unpaired) electrons. The van der Waals surface area contributed by atoms with E-state index in [4.69, 9.17) is 0 Å². The third kappa shape index (κ3) is 8.42. The molecule has 2 amide bonds. The Morgan fingerprint density at radius 2 is 1.52 bits per heavy atom. The summed E-state index contributed by atoms with van der Waals surface area (Å²) >= 11 is 0. The van der Waals surface area contributed by atoms with Gasteiger partial charge in [-0.2, -0.15) is 0 Å². The Hall–Kier alpha value is -3.65. The molecule has 0 aliphatic carbocycles. The van der Waals surface area contributed by atoms with E-state index in [0.29, 0.717) is 18.7 Å². The van der Waals surface area contributed by atoms with Gasteiger partial charge in [0.1, 0.15) is 12.6 Å². The fraction of sp³-hybridized carbons (Fsp3) is 0.375. The van der Waals surface area contributed by atoms with Crippen LogP contribution in [-0.2, 0) is 32.6 Å². The van der Waals surface area contributed by atoms with E-state index >= 15 is 0 Å². The topological polar surface area (TPSA) is 86.8 Å². The number of nitrogens with one attached hydrogen (secondary N) is 1. The normalized spacial score (nSPS) is 12.2. The van der Waals surface area contributed by atoms with Crippen molar-refractivity contribution in [2.45, 2.75) is 53.6 Å². The molecule has 0 fully saturated rings. The predicted molar refractivity (Wildman–Crippen MR) is 162 cm³/mol. The summed E-state index contributed by atoms with van der Waals surface area (Å²) in [5, 5.41) is 3.00. The lowest BCUT2D eigenvalue weighted by molar-refractivity contribution is -0.140. The average molecular weight is 564 g/mol. The Morgan fingerprint density at radius 1 is 0.875 bits per heavy atom. The van der Waals surface area contributed by atoms with Crippen LogP contribution in [0, 0.1) is 26.7 Å². The number of sulfonamides is 1. The zero-order valence-corrected chi connectivity index (χ0v) is 25.2. The minimum Gasteiger partial charge on any atom is -0.354 e. The molecule has 0 aromatic heterocycles. The highest BCUT2D eigenvalue weighted by Crippen LogP contribution is 2.26. The van der Waals surface area contributed by atoms with Crippen LogP contribution in [0.15, 0.2) is 72.8 Å². The second-order valence-electron chi connectivity index (χ2n) is 10.8. The van der Waals surface area contributed by atoms with Gasteiger partial charge in [-0.3, -0.25) is 13.9 Å². The highest BCUT2D eigenvalue weighted by atomic mass is 32.2. The second kappa shape index (κ2) is 13.6. The van der Waals surface area contributed by atoms with Crippen LogP contribution in [0.4, 0.5) is 5.69 Å². The van der Waals surface area contributed by atoms with Crippen molar-refractivity contribution in [2.75, 3.05) is 23.7 Å². The van der Waals surface area contributed by atoms with Crippen molar-refractivity contribution >= 4 is 27.5 Å². The van der Waals surface area contributed by atoms with Gasteiger partial charge < -0.3 is 10.2 Å². The smallest absolute Gasteiger partial charge is 0.244 e. The molecule has 3 rings (SSSR count). The lowest BCUT2D eigenvalue weighted by Crippen LogP contribution is -2.53. The first-order chi connectivity index (χ1) is 18.9. The summed E-state index contributed by atoms with van der Waals surface area (Å²) < 4.78 is 27.2. The molecule has 7 nitrogen and oxygen atoms in total. The van der Waals surface area contributed by atoms with Gasteiger partial charge in [-0.1, -0.05) is 86.1 Å². The Kier molecular flexibility index (Phi) is 10.5. The first-order valence-corrected chi connectivity index (χ1v) is 15.4. The van der Waals surface area contributed by atoms with Gasteiger partial charge in [0, 0.05) is 19.5 Å². The van der Waals surface area contributed by atoms with Gasteiger partial charge in [0.25, 0.3) is 0 Å². The molecular weight excluding hydrogens is 522 g/mol. The fourth-order valence-corrected chi connectivity index (χ4v) is 5.48. The summed E-state index contributed by atoms with van der Waals surface area (Å²) in [6.07, 6.45) is 1.40. The first-order valence-electron chi connectivity index (χ1n) is 13.6. The Balaban J connectivity index is 2.07. The van der Waals surface area contributed by atoms with Crippen LogP contribution in [0.1, 0.15) is 41.7 Å². The zero-order valence-electron chi connectivity index (χ0n) is 24.3. The van der Waals surface area contributed by atoms with E-state index in [2.05, 4.69) is 5.32 Å². The van der Waals surface area contributed by atoms with Gasteiger partial charge in [-0.25, -0.2) is 8.42 Å². The molecule has 3 aromatic rings. The maximum absolute atomic E-state index is 14.2. The standard InChI is InChI=1S/C32H41N3O4S/c1-23(2)20-33-32(37)30(19-27-14-8-7-9-15-27)34(21-28-16-10-12-24(3)18-28)31(36)22-35(40(6,38)39)29-17-11-13-25(4)26(29)5/h7-18,23,30H,19-22H2,1-6H3,(H,33,37). The molecule has 0 saturated carbocycles. The highest BCUT2D eigenvalue weighted by Gasteiger charge is 2.33. The van der Waals surface area contributed by atoms with Crippen molar-refractivity contribution in [3.05, 3.63) is 101 Å². The van der Waals surface area contributed by atoms with Gasteiger partial charge in [0.2, 0.25) is 21.8 Å². The van der Waals surface area contributed by atoms with E-state index in [1.807, 2.05) is 95.3 Å². The first kappa shape index (κ1) is 30.9. The van der Waals surface area contributed by atoms with Crippen LogP contribution < -0.4 is 9.62 Å². The van der Waals surface area contributed by atoms with Gasteiger partial charge in [-0.15, -0.1) is 0 Å². The van der Waals surface area contributed by atoms with Gasteiger partial charge in [0.15, 0.2) is 0 Å². The fourth-order valence-electron chi connectivity index (χ4n) is 4.58. The minimum atomic E-state index is -3.81. The third-order valence-corrected chi connectivity index (χ3v) is 8.04. The number of benzene rings is 3.